The number of benzene rings is 2. The van der Waals surface area contributed by atoms with Gasteiger partial charge in [-0.1, -0.05) is 42.0 Å². The van der Waals surface area contributed by atoms with Crippen LogP contribution < -0.4 is 10.2 Å². The fourth-order valence-electron chi connectivity index (χ4n) is 3.30. The molecule has 0 aromatic heterocycles. The lowest BCUT2D eigenvalue weighted by Gasteiger charge is -2.36. The van der Waals surface area contributed by atoms with Crippen molar-refractivity contribution in [1.29, 1.82) is 0 Å². The van der Waals surface area contributed by atoms with Crippen LogP contribution in [0.3, 0.4) is 0 Å². The number of nitrogens with one attached hydrogen (secondary N) is 1. The minimum absolute atomic E-state index is 0.0329. The quantitative estimate of drug-likeness (QED) is 0.905. The number of carbonyl (C=O) groups excluding carboxylic acids is 1. The zero-order chi connectivity index (χ0) is 18.5. The number of rotatable bonds is 3. The van der Waals surface area contributed by atoms with Crippen LogP contribution in [0.25, 0.3) is 6.08 Å². The van der Waals surface area contributed by atoms with Crippen molar-refractivity contribution in [2.75, 3.05) is 31.1 Å². The molecular formula is C22H27N3O. The molecule has 0 saturated carbocycles. The lowest BCUT2D eigenvalue weighted by atomic mass is 10.1. The summed E-state index contributed by atoms with van der Waals surface area (Å²) >= 11 is 0. The Balaban J connectivity index is 1.53. The lowest BCUT2D eigenvalue weighted by molar-refractivity contribution is 0.198. The summed E-state index contributed by atoms with van der Waals surface area (Å²) in [6, 6.07) is 14.6. The minimum atomic E-state index is -0.0329. The van der Waals surface area contributed by atoms with Gasteiger partial charge in [0.05, 0.1) is 0 Å². The van der Waals surface area contributed by atoms with Gasteiger partial charge >= 0.3 is 6.03 Å². The average molecular weight is 349 g/mol. The molecule has 2 aromatic rings. The van der Waals surface area contributed by atoms with Crippen molar-refractivity contribution in [1.82, 2.24) is 10.2 Å². The second-order valence-corrected chi connectivity index (χ2v) is 6.89. The number of hydrogen-bond acceptors (Lipinski definition) is 2. The molecule has 1 heterocycles. The number of piperazine rings is 1. The monoisotopic (exact) mass is 349 g/mol. The van der Waals surface area contributed by atoms with Crippen LogP contribution in [-0.4, -0.2) is 37.1 Å². The molecule has 3 rings (SSSR count). The first-order chi connectivity index (χ1) is 12.5. The van der Waals surface area contributed by atoms with Crippen LogP contribution >= 0.6 is 0 Å². The number of carbonyl (C=O) groups is 1. The summed E-state index contributed by atoms with van der Waals surface area (Å²) in [6.07, 6.45) is 3.66. The molecule has 1 N–H and O–H groups in total. The summed E-state index contributed by atoms with van der Waals surface area (Å²) in [5.74, 6) is 0. The molecule has 1 aliphatic rings. The molecule has 0 spiro atoms. The number of amides is 2. The van der Waals surface area contributed by atoms with E-state index in [1.807, 2.05) is 23.1 Å². The number of urea groups is 1. The molecular weight excluding hydrogens is 322 g/mol. The highest BCUT2D eigenvalue weighted by molar-refractivity contribution is 5.76. The van der Waals surface area contributed by atoms with E-state index in [-0.39, 0.29) is 6.03 Å². The second kappa shape index (κ2) is 8.09. The SMILES string of the molecule is Cc1cccc(/C=C/NC(=O)N2CCN(c3cccc(C)c3C)CC2)c1. The molecule has 26 heavy (non-hydrogen) atoms. The second-order valence-electron chi connectivity index (χ2n) is 6.89. The van der Waals surface area contributed by atoms with Crippen LogP contribution in [0, 0.1) is 20.8 Å². The van der Waals surface area contributed by atoms with Crippen LogP contribution in [0.4, 0.5) is 10.5 Å². The Labute approximate surface area is 156 Å². The average Bonchev–Trinajstić information content (AvgIpc) is 2.64. The summed E-state index contributed by atoms with van der Waals surface area (Å²) in [6.45, 7) is 9.56. The Morgan fingerprint density at radius 2 is 1.73 bits per heavy atom. The fraction of sp³-hybridized carbons (Fsp3) is 0.318. The van der Waals surface area contributed by atoms with E-state index >= 15 is 0 Å². The van der Waals surface area contributed by atoms with E-state index in [9.17, 15) is 4.79 Å². The summed E-state index contributed by atoms with van der Waals surface area (Å²) in [7, 11) is 0. The van der Waals surface area contributed by atoms with Gasteiger partial charge in [0.15, 0.2) is 0 Å². The van der Waals surface area contributed by atoms with Gasteiger partial charge in [0.25, 0.3) is 0 Å². The number of aryl methyl sites for hydroxylation is 2. The molecule has 0 atom stereocenters. The zero-order valence-corrected chi connectivity index (χ0v) is 15.8. The van der Waals surface area contributed by atoms with E-state index < -0.39 is 0 Å². The van der Waals surface area contributed by atoms with Gasteiger partial charge < -0.3 is 15.1 Å². The van der Waals surface area contributed by atoms with Gasteiger partial charge in [-0.15, -0.1) is 0 Å². The molecule has 0 radical (unpaired) electrons. The largest absolute Gasteiger partial charge is 0.368 e. The molecule has 136 valence electrons. The highest BCUT2D eigenvalue weighted by atomic mass is 16.2. The van der Waals surface area contributed by atoms with E-state index in [1.54, 1.807) is 6.20 Å². The van der Waals surface area contributed by atoms with Crippen LogP contribution in [0.5, 0.6) is 0 Å². The molecule has 1 aliphatic heterocycles. The third-order valence-corrected chi connectivity index (χ3v) is 5.01. The van der Waals surface area contributed by atoms with Gasteiger partial charge in [0.1, 0.15) is 0 Å². The zero-order valence-electron chi connectivity index (χ0n) is 15.8. The van der Waals surface area contributed by atoms with Crippen LogP contribution in [0.1, 0.15) is 22.3 Å². The molecule has 0 unspecified atom stereocenters. The highest BCUT2D eigenvalue weighted by Crippen LogP contribution is 2.23. The first-order valence-electron chi connectivity index (χ1n) is 9.14. The minimum Gasteiger partial charge on any atom is -0.368 e. The lowest BCUT2D eigenvalue weighted by Crippen LogP contribution is -2.51. The molecule has 1 fully saturated rings. The van der Waals surface area contributed by atoms with E-state index in [0.717, 1.165) is 31.7 Å². The van der Waals surface area contributed by atoms with E-state index in [0.29, 0.717) is 0 Å². The molecule has 4 heteroatoms. The van der Waals surface area contributed by atoms with Crippen LogP contribution in [-0.2, 0) is 0 Å². The highest BCUT2D eigenvalue weighted by Gasteiger charge is 2.21. The number of hydrogen-bond donors (Lipinski definition) is 1. The van der Waals surface area contributed by atoms with E-state index in [2.05, 4.69) is 61.3 Å². The normalized spacial score (nSPS) is 14.7. The Morgan fingerprint density at radius 3 is 2.46 bits per heavy atom. The van der Waals surface area contributed by atoms with Crippen molar-refractivity contribution < 1.29 is 4.79 Å². The predicted octanol–water partition coefficient (Wildman–Crippen LogP) is 4.11. The Bertz CT molecular complexity index is 805. The smallest absolute Gasteiger partial charge is 0.321 e. The molecule has 2 aromatic carbocycles. The van der Waals surface area contributed by atoms with Crippen molar-refractivity contribution in [3.05, 3.63) is 70.9 Å². The summed E-state index contributed by atoms with van der Waals surface area (Å²) < 4.78 is 0. The van der Waals surface area contributed by atoms with Crippen molar-refractivity contribution in [2.45, 2.75) is 20.8 Å². The topological polar surface area (TPSA) is 35.6 Å². The first kappa shape index (κ1) is 18.1. The van der Waals surface area contributed by atoms with Crippen molar-refractivity contribution in [2.24, 2.45) is 0 Å². The van der Waals surface area contributed by atoms with Gasteiger partial charge in [-0.2, -0.15) is 0 Å². The maximum absolute atomic E-state index is 12.4. The van der Waals surface area contributed by atoms with Crippen molar-refractivity contribution >= 4 is 17.8 Å². The molecule has 1 saturated heterocycles. The maximum Gasteiger partial charge on any atom is 0.321 e. The predicted molar refractivity (Wildman–Crippen MR) is 108 cm³/mol. The Kier molecular flexibility index (Phi) is 5.61. The standard InChI is InChI=1S/C22H27N3O/c1-17-6-4-8-20(16-17)10-11-23-22(26)25-14-12-24(13-15-25)21-9-5-7-18(2)19(21)3/h4-11,16H,12-15H2,1-3H3,(H,23,26)/b11-10+. The van der Waals surface area contributed by atoms with Crippen LogP contribution in [0.15, 0.2) is 48.7 Å². The summed E-state index contributed by atoms with van der Waals surface area (Å²) in [4.78, 5) is 16.6. The molecule has 0 bridgehead atoms. The Morgan fingerprint density at radius 1 is 1.00 bits per heavy atom. The van der Waals surface area contributed by atoms with Crippen molar-refractivity contribution in [3.63, 3.8) is 0 Å². The van der Waals surface area contributed by atoms with Gasteiger partial charge in [0, 0.05) is 38.1 Å². The maximum atomic E-state index is 12.4. The third-order valence-electron chi connectivity index (χ3n) is 5.01. The fourth-order valence-corrected chi connectivity index (χ4v) is 3.30. The van der Waals surface area contributed by atoms with E-state index in [1.165, 1.54) is 22.4 Å². The molecule has 4 nitrogen and oxygen atoms in total. The molecule has 0 aliphatic carbocycles. The third kappa shape index (κ3) is 4.26. The Hall–Kier alpha value is -2.75. The van der Waals surface area contributed by atoms with Gasteiger partial charge in [-0.05, 0) is 49.6 Å². The van der Waals surface area contributed by atoms with Crippen molar-refractivity contribution in [3.8, 4) is 0 Å². The van der Waals surface area contributed by atoms with Gasteiger partial charge in [0.2, 0.25) is 0 Å². The van der Waals surface area contributed by atoms with E-state index in [4.69, 9.17) is 0 Å². The van der Waals surface area contributed by atoms with Gasteiger partial charge in [-0.25, -0.2) is 4.79 Å². The van der Waals surface area contributed by atoms with Gasteiger partial charge in [-0.3, -0.25) is 0 Å². The number of nitrogens with zero attached hydrogens (tertiary/aromatic N) is 2. The summed E-state index contributed by atoms with van der Waals surface area (Å²) in [5.41, 5.74) is 6.21. The first-order valence-corrected chi connectivity index (χ1v) is 9.14. The summed E-state index contributed by atoms with van der Waals surface area (Å²) in [5, 5.41) is 2.88. The molecule has 2 amide bonds. The van der Waals surface area contributed by atoms with Crippen LogP contribution in [0.2, 0.25) is 0 Å². The number of anilines is 1.